The maximum atomic E-state index is 11.9. The number of anilines is 5. The zero-order valence-corrected chi connectivity index (χ0v) is 20.4. The highest BCUT2D eigenvalue weighted by Gasteiger charge is 2.25. The third-order valence-electron chi connectivity index (χ3n) is 6.61. The second kappa shape index (κ2) is 10.2. The van der Waals surface area contributed by atoms with Crippen LogP contribution < -0.4 is 15.5 Å². The molecule has 0 radical (unpaired) electrons. The van der Waals surface area contributed by atoms with E-state index in [4.69, 9.17) is 4.74 Å². The van der Waals surface area contributed by atoms with Crippen LogP contribution in [0.1, 0.15) is 35.4 Å². The van der Waals surface area contributed by atoms with Crippen molar-refractivity contribution < 1.29 is 9.53 Å². The molecule has 1 aromatic carbocycles. The Morgan fingerprint density at radius 3 is 2.67 bits per heavy atom. The van der Waals surface area contributed by atoms with Gasteiger partial charge in [0.15, 0.2) is 5.82 Å². The van der Waals surface area contributed by atoms with Crippen molar-refractivity contribution in [3.63, 3.8) is 0 Å². The number of hydrogen-bond acceptors (Lipinski definition) is 9. The number of hydrogen-bond donors (Lipinski definition) is 2. The molecule has 0 saturated carbocycles. The number of carbonyl (C=O) groups excluding carboxylic acids is 1. The number of ether oxygens (including phenoxy) is 1. The normalized spacial score (nSPS) is 16.5. The smallest absolute Gasteiger partial charge is 0.415 e. The molecule has 0 atom stereocenters. The van der Waals surface area contributed by atoms with Gasteiger partial charge in [-0.1, -0.05) is 12.1 Å². The quantitative estimate of drug-likeness (QED) is 0.527. The monoisotopic (exact) mass is 484 g/mol. The highest BCUT2D eigenvalue weighted by molar-refractivity contribution is 5.88. The molecule has 3 aromatic rings. The lowest BCUT2D eigenvalue weighted by Gasteiger charge is -2.30. The molecule has 2 aliphatic rings. The van der Waals surface area contributed by atoms with E-state index in [9.17, 15) is 10.1 Å². The molecule has 36 heavy (non-hydrogen) atoms. The Balaban J connectivity index is 1.33. The number of amides is 1. The first-order chi connectivity index (χ1) is 17.5. The molecule has 5 rings (SSSR count). The highest BCUT2D eigenvalue weighted by atomic mass is 16.6. The van der Waals surface area contributed by atoms with E-state index < -0.39 is 6.09 Å². The molecule has 10 nitrogen and oxygen atoms in total. The fraction of sp³-hybridized carbons (Fsp3) is 0.346. The van der Waals surface area contributed by atoms with Crippen LogP contribution in [-0.4, -0.2) is 59.2 Å². The minimum atomic E-state index is -0.428. The summed E-state index contributed by atoms with van der Waals surface area (Å²) in [6.45, 7) is 5.16. The number of cyclic esters (lactones) is 1. The summed E-state index contributed by atoms with van der Waals surface area (Å²) in [6, 6.07) is 13.7. The number of benzene rings is 1. The fourth-order valence-corrected chi connectivity index (χ4v) is 4.65. The highest BCUT2D eigenvalue weighted by Crippen LogP contribution is 2.32. The van der Waals surface area contributed by atoms with Crippen LogP contribution in [0.3, 0.4) is 0 Å². The van der Waals surface area contributed by atoms with Gasteiger partial charge in [0.05, 0.1) is 12.7 Å². The van der Waals surface area contributed by atoms with Gasteiger partial charge in [-0.05, 0) is 81.2 Å². The zero-order chi connectivity index (χ0) is 25.1. The molecule has 0 aliphatic carbocycles. The largest absolute Gasteiger partial charge is 0.447 e. The molecule has 2 N–H and O–H groups in total. The maximum Gasteiger partial charge on any atom is 0.415 e. The molecule has 2 fully saturated rings. The van der Waals surface area contributed by atoms with Crippen molar-refractivity contribution in [2.45, 2.75) is 25.7 Å². The molecule has 2 aromatic heterocycles. The summed E-state index contributed by atoms with van der Waals surface area (Å²) in [6.07, 6.45) is 3.39. The lowest BCUT2D eigenvalue weighted by molar-refractivity contribution is 0.181. The summed E-state index contributed by atoms with van der Waals surface area (Å²) < 4.78 is 4.99. The van der Waals surface area contributed by atoms with Crippen LogP contribution >= 0.6 is 0 Å². The van der Waals surface area contributed by atoms with E-state index in [1.807, 2.05) is 0 Å². The number of piperidine rings is 1. The van der Waals surface area contributed by atoms with Crippen molar-refractivity contribution >= 4 is 35.2 Å². The third kappa shape index (κ3) is 5.06. The summed E-state index contributed by atoms with van der Waals surface area (Å²) in [5, 5.41) is 15.9. The Bertz CT molecular complexity index is 1310. The Morgan fingerprint density at radius 2 is 1.94 bits per heavy atom. The van der Waals surface area contributed by atoms with Gasteiger partial charge in [-0.3, -0.25) is 4.90 Å². The van der Waals surface area contributed by atoms with Crippen LogP contribution in [0.15, 0.2) is 42.6 Å². The van der Waals surface area contributed by atoms with Gasteiger partial charge in [0.2, 0.25) is 5.95 Å². The summed E-state index contributed by atoms with van der Waals surface area (Å²) in [5.41, 5.74) is 3.79. The second-order valence-corrected chi connectivity index (χ2v) is 9.11. The van der Waals surface area contributed by atoms with E-state index in [1.165, 1.54) is 35.1 Å². The number of nitrogens with zero attached hydrogens (tertiary/aromatic N) is 6. The van der Waals surface area contributed by atoms with Gasteiger partial charge in [0.1, 0.15) is 29.9 Å². The molecule has 0 spiro atoms. The molecule has 184 valence electrons. The van der Waals surface area contributed by atoms with Gasteiger partial charge in [0.25, 0.3) is 0 Å². The van der Waals surface area contributed by atoms with Crippen LogP contribution in [0.2, 0.25) is 0 Å². The van der Waals surface area contributed by atoms with Crippen molar-refractivity contribution in [1.29, 1.82) is 5.26 Å². The van der Waals surface area contributed by atoms with Gasteiger partial charge in [0, 0.05) is 5.69 Å². The van der Waals surface area contributed by atoms with E-state index in [0.717, 1.165) is 18.8 Å². The first kappa shape index (κ1) is 23.5. The van der Waals surface area contributed by atoms with Gasteiger partial charge >= 0.3 is 6.09 Å². The molecule has 4 heterocycles. The average Bonchev–Trinajstić information content (AvgIpc) is 3.31. The van der Waals surface area contributed by atoms with Gasteiger partial charge in [-0.2, -0.15) is 10.2 Å². The molecule has 0 unspecified atom stereocenters. The average molecular weight is 485 g/mol. The SMILES string of the molecule is Cc1cc(Nc2ncc(C#N)c(Nc3cccc(N4CCOC4=O)n3)n2)ccc1C1CCN(C)CC1. The van der Waals surface area contributed by atoms with Crippen molar-refractivity contribution in [2.24, 2.45) is 0 Å². The molecule has 2 saturated heterocycles. The lowest BCUT2D eigenvalue weighted by Crippen LogP contribution is -2.29. The van der Waals surface area contributed by atoms with E-state index >= 15 is 0 Å². The van der Waals surface area contributed by atoms with E-state index in [1.54, 1.807) is 18.2 Å². The lowest BCUT2D eigenvalue weighted by atomic mass is 9.87. The van der Waals surface area contributed by atoms with Gasteiger partial charge < -0.3 is 20.3 Å². The third-order valence-corrected chi connectivity index (χ3v) is 6.61. The Labute approximate surface area is 209 Å². The van der Waals surface area contributed by atoms with Crippen LogP contribution in [0.25, 0.3) is 0 Å². The minimum absolute atomic E-state index is 0.280. The van der Waals surface area contributed by atoms with Crippen LogP contribution in [0.5, 0.6) is 0 Å². The molecular weight excluding hydrogens is 456 g/mol. The predicted octanol–water partition coefficient (Wildman–Crippen LogP) is 4.30. The molecule has 1 amide bonds. The van der Waals surface area contributed by atoms with Gasteiger partial charge in [-0.25, -0.2) is 14.8 Å². The number of rotatable bonds is 6. The summed E-state index contributed by atoms with van der Waals surface area (Å²) in [5.74, 6) is 2.19. The summed E-state index contributed by atoms with van der Waals surface area (Å²) in [7, 11) is 2.17. The van der Waals surface area contributed by atoms with Crippen molar-refractivity contribution in [2.75, 3.05) is 48.8 Å². The number of nitriles is 1. The predicted molar refractivity (Wildman–Crippen MR) is 137 cm³/mol. The van der Waals surface area contributed by atoms with Crippen molar-refractivity contribution in [3.05, 3.63) is 59.3 Å². The standard InChI is InChI=1S/C26H28N8O2/c1-17-14-20(6-7-21(17)18-8-10-33(2)11-9-18)29-25-28-16-19(15-27)24(32-25)31-22-4-3-5-23(30-22)34-12-13-36-26(34)35/h3-7,14,16,18H,8-13H2,1-2H3,(H2,28,29,30,31,32). The molecule has 2 aliphatic heterocycles. The molecule has 0 bridgehead atoms. The summed E-state index contributed by atoms with van der Waals surface area (Å²) >= 11 is 0. The number of aromatic nitrogens is 3. The number of pyridine rings is 1. The van der Waals surface area contributed by atoms with Crippen LogP contribution in [-0.2, 0) is 4.74 Å². The summed E-state index contributed by atoms with van der Waals surface area (Å²) in [4.78, 5) is 29.0. The number of aryl methyl sites for hydroxylation is 1. The Kier molecular flexibility index (Phi) is 6.64. The van der Waals surface area contributed by atoms with E-state index in [-0.39, 0.29) is 5.56 Å². The molecular formula is C26H28N8O2. The Hall–Kier alpha value is -4.23. The second-order valence-electron chi connectivity index (χ2n) is 9.11. The van der Waals surface area contributed by atoms with E-state index in [2.05, 4.69) is 68.7 Å². The maximum absolute atomic E-state index is 11.9. The van der Waals surface area contributed by atoms with Crippen LogP contribution in [0, 0.1) is 18.3 Å². The van der Waals surface area contributed by atoms with Crippen molar-refractivity contribution in [1.82, 2.24) is 19.9 Å². The Morgan fingerprint density at radius 1 is 1.11 bits per heavy atom. The van der Waals surface area contributed by atoms with Crippen LogP contribution in [0.4, 0.5) is 33.9 Å². The van der Waals surface area contributed by atoms with Gasteiger partial charge in [-0.15, -0.1) is 0 Å². The number of carbonyl (C=O) groups is 1. The number of likely N-dealkylation sites (tertiary alicyclic amines) is 1. The first-order valence-corrected chi connectivity index (χ1v) is 12.0. The zero-order valence-electron chi connectivity index (χ0n) is 20.4. The molecule has 10 heteroatoms. The van der Waals surface area contributed by atoms with Crippen molar-refractivity contribution in [3.8, 4) is 6.07 Å². The van der Waals surface area contributed by atoms with E-state index in [0.29, 0.717) is 42.5 Å². The first-order valence-electron chi connectivity index (χ1n) is 12.0. The minimum Gasteiger partial charge on any atom is -0.447 e. The fourth-order valence-electron chi connectivity index (χ4n) is 4.65. The number of nitrogens with one attached hydrogen (secondary N) is 2. The topological polar surface area (TPSA) is 119 Å².